The molecular formula is C22H23FN4O2. The van der Waals surface area contributed by atoms with E-state index < -0.39 is 18.2 Å². The maximum atomic E-state index is 13.0. The summed E-state index contributed by atoms with van der Waals surface area (Å²) in [4.78, 5) is 24.9. The maximum Gasteiger partial charge on any atom is 0.231 e. The summed E-state index contributed by atoms with van der Waals surface area (Å²) in [6.45, 7) is 3.80. The number of carbonyl (C=O) groups is 1. The highest BCUT2D eigenvalue weighted by Crippen LogP contribution is 2.34. The minimum Gasteiger partial charge on any atom is -0.387 e. The Morgan fingerprint density at radius 3 is 2.69 bits per heavy atom. The van der Waals surface area contributed by atoms with E-state index in [1.807, 2.05) is 19.9 Å². The molecule has 1 unspecified atom stereocenters. The Balaban J connectivity index is 1.59. The van der Waals surface area contributed by atoms with E-state index in [0.717, 1.165) is 21.9 Å². The summed E-state index contributed by atoms with van der Waals surface area (Å²) in [5, 5.41) is 14.6. The zero-order chi connectivity index (χ0) is 21.5. The molecular weight excluding hydrogens is 371 g/mol. The number of aromatic nitrogens is 3. The number of anilines is 1. The van der Waals surface area contributed by atoms with Gasteiger partial charge in [-0.2, -0.15) is 0 Å². The van der Waals surface area contributed by atoms with Crippen molar-refractivity contribution in [2.45, 2.75) is 45.4 Å². The Morgan fingerprint density at radius 1 is 1.28 bits per heavy atom. The molecule has 0 bridgehead atoms. The molecule has 1 aliphatic rings. The molecule has 0 saturated heterocycles. The number of carbonyl (C=O) groups excluding carboxylic acids is 1. The third-order valence-corrected chi connectivity index (χ3v) is 5.07. The van der Waals surface area contributed by atoms with Gasteiger partial charge in [-0.3, -0.25) is 14.8 Å². The van der Waals surface area contributed by atoms with Crippen molar-refractivity contribution >= 4 is 22.5 Å². The molecule has 0 aliphatic heterocycles. The first-order valence-corrected chi connectivity index (χ1v) is 9.69. The molecule has 7 heteroatoms. The van der Waals surface area contributed by atoms with E-state index in [4.69, 9.17) is 1.37 Å². The molecule has 4 rings (SSSR count). The van der Waals surface area contributed by atoms with E-state index in [-0.39, 0.29) is 12.3 Å². The second-order valence-electron chi connectivity index (χ2n) is 7.41. The SMILES string of the molecule is [2H]C(O)(CCC)c1cc(C)c(-c2cc3cnc(NC(=O)[C@@H]4C[C@@H]4F)cc3cn2)cn1. The Hall–Kier alpha value is -2.93. The average molecular weight is 395 g/mol. The number of halogens is 1. The molecule has 6 nitrogen and oxygen atoms in total. The van der Waals surface area contributed by atoms with Crippen LogP contribution in [0.3, 0.4) is 0 Å². The van der Waals surface area contributed by atoms with E-state index in [1.54, 1.807) is 30.7 Å². The topological polar surface area (TPSA) is 88.0 Å². The molecule has 3 aromatic heterocycles. The van der Waals surface area contributed by atoms with Crippen molar-refractivity contribution in [2.75, 3.05) is 5.32 Å². The normalized spacial score (nSPS) is 20.8. The fourth-order valence-corrected chi connectivity index (χ4v) is 3.25. The van der Waals surface area contributed by atoms with Gasteiger partial charge in [0.2, 0.25) is 5.91 Å². The summed E-state index contributed by atoms with van der Waals surface area (Å²) in [5.74, 6) is -0.549. The first-order chi connectivity index (χ1) is 14.3. The minimum absolute atomic E-state index is 0.270. The van der Waals surface area contributed by atoms with Gasteiger partial charge in [0.1, 0.15) is 12.0 Å². The number of amides is 1. The van der Waals surface area contributed by atoms with E-state index >= 15 is 0 Å². The van der Waals surface area contributed by atoms with Gasteiger partial charge in [0.25, 0.3) is 0 Å². The van der Waals surface area contributed by atoms with E-state index in [9.17, 15) is 14.3 Å². The number of aliphatic hydroxyl groups is 1. The van der Waals surface area contributed by atoms with Crippen molar-refractivity contribution < 1.29 is 15.7 Å². The molecule has 1 saturated carbocycles. The molecule has 2 N–H and O–H groups in total. The minimum atomic E-state index is -1.71. The van der Waals surface area contributed by atoms with Crippen molar-refractivity contribution in [3.63, 3.8) is 0 Å². The van der Waals surface area contributed by atoms with Crippen LogP contribution in [0, 0.1) is 12.8 Å². The van der Waals surface area contributed by atoms with Gasteiger partial charge < -0.3 is 10.4 Å². The highest BCUT2D eigenvalue weighted by Gasteiger charge is 2.43. The predicted octanol–water partition coefficient (Wildman–Crippen LogP) is 4.13. The van der Waals surface area contributed by atoms with Crippen LogP contribution in [0.25, 0.3) is 22.0 Å². The quantitative estimate of drug-likeness (QED) is 0.655. The first-order valence-electron chi connectivity index (χ1n) is 10.2. The molecule has 0 radical (unpaired) electrons. The van der Waals surface area contributed by atoms with Crippen LogP contribution in [-0.4, -0.2) is 32.1 Å². The molecule has 3 aromatic rings. The Kier molecular flexibility index (Phi) is 4.89. The summed E-state index contributed by atoms with van der Waals surface area (Å²) in [5.41, 5.74) is 2.67. The molecule has 0 spiro atoms. The third kappa shape index (κ3) is 4.10. The second kappa shape index (κ2) is 7.83. The van der Waals surface area contributed by atoms with Gasteiger partial charge in [-0.1, -0.05) is 13.3 Å². The van der Waals surface area contributed by atoms with Crippen molar-refractivity contribution in [1.29, 1.82) is 0 Å². The van der Waals surface area contributed by atoms with Crippen LogP contribution in [-0.2, 0) is 4.79 Å². The molecule has 29 heavy (non-hydrogen) atoms. The number of nitrogens with one attached hydrogen (secondary N) is 1. The van der Waals surface area contributed by atoms with Crippen molar-refractivity contribution in [1.82, 2.24) is 15.0 Å². The van der Waals surface area contributed by atoms with E-state index in [2.05, 4.69) is 20.3 Å². The number of alkyl halides is 1. The van der Waals surface area contributed by atoms with Gasteiger partial charge in [0.05, 0.1) is 24.8 Å². The van der Waals surface area contributed by atoms with Gasteiger partial charge in [-0.25, -0.2) is 9.37 Å². The van der Waals surface area contributed by atoms with Crippen LogP contribution in [0.15, 0.2) is 36.8 Å². The first kappa shape index (κ1) is 18.1. The smallest absolute Gasteiger partial charge is 0.231 e. The summed E-state index contributed by atoms with van der Waals surface area (Å²) < 4.78 is 21.1. The number of pyridine rings is 3. The van der Waals surface area contributed by atoms with Crippen LogP contribution in [0.2, 0.25) is 0 Å². The van der Waals surface area contributed by atoms with Gasteiger partial charge in [-0.15, -0.1) is 0 Å². The van der Waals surface area contributed by atoms with Crippen LogP contribution in [0.5, 0.6) is 0 Å². The maximum absolute atomic E-state index is 13.0. The number of aryl methyl sites for hydroxylation is 1. The van der Waals surface area contributed by atoms with Gasteiger partial charge in [0, 0.05) is 34.9 Å². The fourth-order valence-electron chi connectivity index (χ4n) is 3.25. The molecule has 1 aliphatic carbocycles. The largest absolute Gasteiger partial charge is 0.387 e. The Morgan fingerprint density at radius 2 is 2.00 bits per heavy atom. The number of nitrogens with zero attached hydrogens (tertiary/aromatic N) is 3. The van der Waals surface area contributed by atoms with Gasteiger partial charge in [0.15, 0.2) is 0 Å². The van der Waals surface area contributed by atoms with Crippen LogP contribution >= 0.6 is 0 Å². The summed E-state index contributed by atoms with van der Waals surface area (Å²) in [6.07, 6.45) is 3.45. The van der Waals surface area contributed by atoms with Crippen LogP contribution in [0.1, 0.15) is 44.9 Å². The Labute approximate surface area is 169 Å². The monoisotopic (exact) mass is 395 g/mol. The highest BCUT2D eigenvalue weighted by atomic mass is 19.1. The lowest BCUT2D eigenvalue weighted by Crippen LogP contribution is -2.15. The number of hydrogen-bond acceptors (Lipinski definition) is 5. The zero-order valence-electron chi connectivity index (χ0n) is 17.3. The van der Waals surface area contributed by atoms with Crippen LogP contribution < -0.4 is 5.32 Å². The van der Waals surface area contributed by atoms with Gasteiger partial charge in [-0.05, 0) is 43.5 Å². The highest BCUT2D eigenvalue weighted by molar-refractivity contribution is 5.96. The van der Waals surface area contributed by atoms with Crippen LogP contribution in [0.4, 0.5) is 10.2 Å². The van der Waals surface area contributed by atoms with E-state index in [0.29, 0.717) is 30.0 Å². The van der Waals surface area contributed by atoms with E-state index in [1.165, 1.54) is 0 Å². The lowest BCUT2D eigenvalue weighted by Gasteiger charge is -2.12. The van der Waals surface area contributed by atoms with Crippen molar-refractivity contribution in [3.05, 3.63) is 48.0 Å². The molecule has 3 heterocycles. The molecule has 1 amide bonds. The number of rotatable bonds is 6. The second-order valence-corrected chi connectivity index (χ2v) is 7.41. The molecule has 0 aromatic carbocycles. The predicted molar refractivity (Wildman–Crippen MR) is 109 cm³/mol. The lowest BCUT2D eigenvalue weighted by atomic mass is 10.0. The van der Waals surface area contributed by atoms with Crippen molar-refractivity contribution in [3.8, 4) is 11.3 Å². The molecule has 3 atom stereocenters. The lowest BCUT2D eigenvalue weighted by molar-refractivity contribution is -0.117. The average Bonchev–Trinajstić information content (AvgIpc) is 3.44. The Bertz CT molecular complexity index is 1120. The third-order valence-electron chi connectivity index (χ3n) is 5.07. The summed E-state index contributed by atoms with van der Waals surface area (Å²) >= 11 is 0. The summed E-state index contributed by atoms with van der Waals surface area (Å²) in [7, 11) is 0. The molecule has 1 fully saturated rings. The summed E-state index contributed by atoms with van der Waals surface area (Å²) in [6, 6.07) is 5.30. The number of hydrogen-bond donors (Lipinski definition) is 2. The number of fused-ring (bicyclic) bond motifs is 1. The molecule has 150 valence electrons. The standard InChI is InChI=1S/C22H23FN4O2/c1-3-4-20(28)19-5-12(2)16(11-25-19)18-6-13-10-26-21(7-14(13)9-24-18)27-22(29)15-8-17(15)23/h5-7,9-11,15,17,20,28H,3-4,8H2,1-2H3,(H,26,27,29)/t15-,17+,20?/m1/s1/i20D. The van der Waals surface area contributed by atoms with Gasteiger partial charge >= 0.3 is 0 Å². The van der Waals surface area contributed by atoms with Crippen molar-refractivity contribution in [2.24, 2.45) is 5.92 Å². The fraction of sp³-hybridized carbons (Fsp3) is 0.364. The zero-order valence-corrected chi connectivity index (χ0v) is 16.3.